The van der Waals surface area contributed by atoms with Crippen molar-refractivity contribution in [1.29, 1.82) is 0 Å². The third-order valence-electron chi connectivity index (χ3n) is 4.81. The van der Waals surface area contributed by atoms with Gasteiger partial charge in [-0.2, -0.15) is 0 Å². The van der Waals surface area contributed by atoms with Crippen molar-refractivity contribution in [1.82, 2.24) is 10.2 Å². The van der Waals surface area contributed by atoms with Crippen LogP contribution in [0.5, 0.6) is 0 Å². The SMILES string of the molecule is CNC1(C(=O)OC)CCCC(N2CCC(OC)C2)C1. The number of likely N-dealkylation sites (tertiary alicyclic amines) is 1. The zero-order valence-electron chi connectivity index (χ0n) is 12.3. The number of hydrogen-bond donors (Lipinski definition) is 1. The summed E-state index contributed by atoms with van der Waals surface area (Å²) in [6.07, 6.45) is 5.38. The van der Waals surface area contributed by atoms with Crippen LogP contribution in [0.2, 0.25) is 0 Å². The molecule has 19 heavy (non-hydrogen) atoms. The van der Waals surface area contributed by atoms with E-state index in [1.165, 1.54) is 7.11 Å². The van der Waals surface area contributed by atoms with Crippen molar-refractivity contribution < 1.29 is 14.3 Å². The number of likely N-dealkylation sites (N-methyl/N-ethyl adjacent to an activating group) is 1. The van der Waals surface area contributed by atoms with E-state index in [4.69, 9.17) is 9.47 Å². The molecule has 1 saturated carbocycles. The second-order valence-corrected chi connectivity index (χ2v) is 5.72. The Morgan fingerprint density at radius 2 is 2.16 bits per heavy atom. The molecule has 2 rings (SSSR count). The average Bonchev–Trinajstić information content (AvgIpc) is 2.95. The molecule has 0 aromatic carbocycles. The Balaban J connectivity index is 2.02. The Hall–Kier alpha value is -0.650. The maximum absolute atomic E-state index is 12.1. The van der Waals surface area contributed by atoms with Gasteiger partial charge in [-0.05, 0) is 39.2 Å². The molecule has 1 heterocycles. The van der Waals surface area contributed by atoms with E-state index < -0.39 is 5.54 Å². The van der Waals surface area contributed by atoms with Gasteiger partial charge < -0.3 is 14.8 Å². The van der Waals surface area contributed by atoms with Crippen LogP contribution in [0.3, 0.4) is 0 Å². The summed E-state index contributed by atoms with van der Waals surface area (Å²) in [7, 11) is 5.12. The van der Waals surface area contributed by atoms with Crippen LogP contribution < -0.4 is 5.32 Å². The van der Waals surface area contributed by atoms with Crippen LogP contribution in [0.25, 0.3) is 0 Å². The summed E-state index contributed by atoms with van der Waals surface area (Å²) in [6.45, 7) is 2.06. The minimum atomic E-state index is -0.497. The lowest BCUT2D eigenvalue weighted by Crippen LogP contribution is -2.57. The maximum atomic E-state index is 12.1. The highest BCUT2D eigenvalue weighted by Crippen LogP contribution is 2.33. The topological polar surface area (TPSA) is 50.8 Å². The van der Waals surface area contributed by atoms with Crippen LogP contribution in [0.15, 0.2) is 0 Å². The molecular formula is C14H26N2O3. The summed E-state index contributed by atoms with van der Waals surface area (Å²) in [5, 5.41) is 3.21. The van der Waals surface area contributed by atoms with Gasteiger partial charge >= 0.3 is 5.97 Å². The van der Waals surface area contributed by atoms with Gasteiger partial charge in [-0.25, -0.2) is 0 Å². The van der Waals surface area contributed by atoms with E-state index in [1.54, 1.807) is 7.11 Å². The average molecular weight is 270 g/mol. The van der Waals surface area contributed by atoms with Crippen molar-refractivity contribution in [2.24, 2.45) is 0 Å². The summed E-state index contributed by atoms with van der Waals surface area (Å²) in [5.74, 6) is -0.123. The van der Waals surface area contributed by atoms with Crippen LogP contribution in [0, 0.1) is 0 Å². The molecule has 0 spiro atoms. The molecule has 0 radical (unpaired) electrons. The van der Waals surface area contributed by atoms with Crippen molar-refractivity contribution in [3.63, 3.8) is 0 Å². The molecule has 1 aliphatic heterocycles. The van der Waals surface area contributed by atoms with E-state index in [9.17, 15) is 4.79 Å². The Morgan fingerprint density at radius 1 is 1.37 bits per heavy atom. The van der Waals surface area contributed by atoms with Crippen LogP contribution in [0.4, 0.5) is 0 Å². The van der Waals surface area contributed by atoms with Gasteiger partial charge in [0.25, 0.3) is 0 Å². The Labute approximate surface area is 115 Å². The molecule has 3 atom stereocenters. The predicted octanol–water partition coefficient (Wildman–Crippen LogP) is 0.781. The third kappa shape index (κ3) is 2.93. The Bertz CT molecular complexity index is 324. The minimum absolute atomic E-state index is 0.123. The van der Waals surface area contributed by atoms with E-state index in [0.717, 1.165) is 45.2 Å². The lowest BCUT2D eigenvalue weighted by atomic mass is 9.78. The molecule has 1 saturated heterocycles. The zero-order valence-corrected chi connectivity index (χ0v) is 12.3. The van der Waals surface area contributed by atoms with Gasteiger partial charge in [0.2, 0.25) is 0 Å². The largest absolute Gasteiger partial charge is 0.468 e. The van der Waals surface area contributed by atoms with E-state index in [0.29, 0.717) is 12.1 Å². The quantitative estimate of drug-likeness (QED) is 0.765. The van der Waals surface area contributed by atoms with Crippen LogP contribution in [0.1, 0.15) is 32.1 Å². The molecule has 5 heteroatoms. The monoisotopic (exact) mass is 270 g/mol. The highest BCUT2D eigenvalue weighted by atomic mass is 16.5. The first-order valence-electron chi connectivity index (χ1n) is 7.19. The van der Waals surface area contributed by atoms with Crippen LogP contribution in [-0.2, 0) is 14.3 Å². The fraction of sp³-hybridized carbons (Fsp3) is 0.929. The highest BCUT2D eigenvalue weighted by Gasteiger charge is 2.44. The normalized spacial score (nSPS) is 36.4. The number of ether oxygens (including phenoxy) is 2. The Morgan fingerprint density at radius 3 is 2.74 bits per heavy atom. The summed E-state index contributed by atoms with van der Waals surface area (Å²) in [6, 6.07) is 0.459. The van der Waals surface area contributed by atoms with Gasteiger partial charge in [-0.1, -0.05) is 0 Å². The second kappa shape index (κ2) is 6.20. The Kier molecular flexibility index (Phi) is 4.81. The predicted molar refractivity (Wildman–Crippen MR) is 73.0 cm³/mol. The van der Waals surface area contributed by atoms with E-state index in [2.05, 4.69) is 10.2 Å². The first-order chi connectivity index (χ1) is 9.15. The fourth-order valence-corrected chi connectivity index (χ4v) is 3.55. The summed E-state index contributed by atoms with van der Waals surface area (Å²) in [4.78, 5) is 14.5. The van der Waals surface area contributed by atoms with Gasteiger partial charge in [0.05, 0.1) is 13.2 Å². The number of carbonyl (C=O) groups is 1. The third-order valence-corrected chi connectivity index (χ3v) is 4.81. The molecule has 3 unspecified atom stereocenters. The molecule has 0 aromatic rings. The number of rotatable bonds is 4. The molecule has 1 N–H and O–H groups in total. The van der Waals surface area contributed by atoms with Gasteiger partial charge in [0.1, 0.15) is 5.54 Å². The van der Waals surface area contributed by atoms with Crippen molar-refractivity contribution in [3.05, 3.63) is 0 Å². The first kappa shape index (κ1) is 14.8. The summed E-state index contributed by atoms with van der Waals surface area (Å²) in [5.41, 5.74) is -0.497. The fourth-order valence-electron chi connectivity index (χ4n) is 3.55. The second-order valence-electron chi connectivity index (χ2n) is 5.72. The number of nitrogens with one attached hydrogen (secondary N) is 1. The number of methoxy groups -OCH3 is 2. The van der Waals surface area contributed by atoms with Crippen LogP contribution in [-0.4, -0.2) is 62.9 Å². The van der Waals surface area contributed by atoms with Crippen molar-refractivity contribution in [3.8, 4) is 0 Å². The van der Waals surface area contributed by atoms with E-state index in [-0.39, 0.29) is 5.97 Å². The van der Waals surface area contributed by atoms with Gasteiger partial charge in [-0.3, -0.25) is 9.69 Å². The van der Waals surface area contributed by atoms with E-state index in [1.807, 2.05) is 7.05 Å². The number of hydrogen-bond acceptors (Lipinski definition) is 5. The highest BCUT2D eigenvalue weighted by molar-refractivity contribution is 5.81. The van der Waals surface area contributed by atoms with Gasteiger partial charge in [-0.15, -0.1) is 0 Å². The van der Waals surface area contributed by atoms with Crippen LogP contribution >= 0.6 is 0 Å². The molecule has 2 fully saturated rings. The summed E-state index contributed by atoms with van der Waals surface area (Å²) >= 11 is 0. The minimum Gasteiger partial charge on any atom is -0.468 e. The molecule has 0 aromatic heterocycles. The molecule has 0 amide bonds. The smallest absolute Gasteiger partial charge is 0.326 e. The van der Waals surface area contributed by atoms with Gasteiger partial charge in [0.15, 0.2) is 0 Å². The molecular weight excluding hydrogens is 244 g/mol. The molecule has 0 bridgehead atoms. The van der Waals surface area contributed by atoms with Gasteiger partial charge in [0, 0.05) is 26.2 Å². The van der Waals surface area contributed by atoms with Crippen molar-refractivity contribution >= 4 is 5.97 Å². The standard InChI is InChI=1S/C14H26N2O3/c1-15-14(13(17)19-3)7-4-5-11(9-14)16-8-6-12(10-16)18-2/h11-12,15H,4-10H2,1-3H3. The number of esters is 1. The van der Waals surface area contributed by atoms with Crippen molar-refractivity contribution in [2.45, 2.75) is 49.8 Å². The first-order valence-corrected chi connectivity index (χ1v) is 7.19. The van der Waals surface area contributed by atoms with Crippen molar-refractivity contribution in [2.75, 3.05) is 34.4 Å². The molecule has 1 aliphatic carbocycles. The number of nitrogens with zero attached hydrogens (tertiary/aromatic N) is 1. The molecule has 2 aliphatic rings. The maximum Gasteiger partial charge on any atom is 0.326 e. The lowest BCUT2D eigenvalue weighted by molar-refractivity contribution is -0.151. The molecule has 110 valence electrons. The number of carbonyl (C=O) groups excluding carboxylic acids is 1. The zero-order chi connectivity index (χ0) is 13.9. The lowest BCUT2D eigenvalue weighted by Gasteiger charge is -2.41. The molecule has 5 nitrogen and oxygen atoms in total. The van der Waals surface area contributed by atoms with E-state index >= 15 is 0 Å². The summed E-state index contributed by atoms with van der Waals surface area (Å²) < 4.78 is 10.4.